The van der Waals surface area contributed by atoms with Crippen LogP contribution in [0, 0.1) is 6.92 Å². The molecule has 3 nitrogen and oxygen atoms in total. The van der Waals surface area contributed by atoms with Gasteiger partial charge >= 0.3 is 0 Å². The molecule has 0 saturated heterocycles. The van der Waals surface area contributed by atoms with Gasteiger partial charge in [0.25, 0.3) is 0 Å². The summed E-state index contributed by atoms with van der Waals surface area (Å²) in [6.45, 7) is 7.10. The van der Waals surface area contributed by atoms with Crippen molar-refractivity contribution in [1.29, 1.82) is 0 Å². The zero-order chi connectivity index (χ0) is 13.8. The Labute approximate surface area is 123 Å². The summed E-state index contributed by atoms with van der Waals surface area (Å²) in [6, 6.07) is 4.02. The maximum absolute atomic E-state index is 6.24. The molecule has 0 aromatic carbocycles. The number of nitrogens with zero attached hydrogens (tertiary/aromatic N) is 3. The van der Waals surface area contributed by atoms with Crippen molar-refractivity contribution in [1.82, 2.24) is 14.5 Å². The van der Waals surface area contributed by atoms with Crippen LogP contribution < -0.4 is 0 Å². The lowest BCUT2D eigenvalue weighted by molar-refractivity contribution is 0.653. The summed E-state index contributed by atoms with van der Waals surface area (Å²) in [6.07, 6.45) is 1.12. The summed E-state index contributed by atoms with van der Waals surface area (Å²) in [5.74, 6) is 3.26. The van der Waals surface area contributed by atoms with Crippen molar-refractivity contribution in [3.8, 4) is 0 Å². The monoisotopic (exact) mass is 297 g/mol. The molecule has 0 amide bonds. The third-order valence-corrected chi connectivity index (χ3v) is 4.17. The van der Waals surface area contributed by atoms with E-state index in [9.17, 15) is 0 Å². The minimum Gasteiger partial charge on any atom is -0.311 e. The molecule has 2 aromatic heterocycles. The highest BCUT2D eigenvalue weighted by Crippen LogP contribution is 2.24. The van der Waals surface area contributed by atoms with E-state index in [-0.39, 0.29) is 5.38 Å². The van der Waals surface area contributed by atoms with E-state index in [4.69, 9.17) is 11.6 Å². The van der Waals surface area contributed by atoms with Crippen LogP contribution in [0.15, 0.2) is 12.1 Å². The topological polar surface area (TPSA) is 30.7 Å². The smallest absolute Gasteiger partial charge is 0.160 e. The first-order chi connectivity index (χ1) is 9.13. The van der Waals surface area contributed by atoms with Gasteiger partial charge in [0.15, 0.2) is 5.65 Å². The number of hydrogen-bond donors (Lipinski definition) is 0. The maximum atomic E-state index is 6.24. The van der Waals surface area contributed by atoms with Crippen LogP contribution in [0.1, 0.15) is 37.2 Å². The largest absolute Gasteiger partial charge is 0.311 e. The molecular formula is C14H20ClN3S. The summed E-state index contributed by atoms with van der Waals surface area (Å²) in [4.78, 5) is 9.23. The van der Waals surface area contributed by atoms with Crippen molar-refractivity contribution < 1.29 is 0 Å². The molecule has 1 atom stereocenters. The van der Waals surface area contributed by atoms with Crippen LogP contribution in [0.3, 0.4) is 0 Å². The van der Waals surface area contributed by atoms with Crippen molar-refractivity contribution in [3.05, 3.63) is 23.7 Å². The molecule has 2 rings (SSSR count). The number of thioether (sulfide) groups is 1. The van der Waals surface area contributed by atoms with E-state index in [0.29, 0.717) is 0 Å². The van der Waals surface area contributed by atoms with Crippen LogP contribution in [0.5, 0.6) is 0 Å². The van der Waals surface area contributed by atoms with E-state index in [2.05, 4.69) is 21.5 Å². The summed E-state index contributed by atoms with van der Waals surface area (Å²) in [5, 5.41) is -0.0895. The van der Waals surface area contributed by atoms with Gasteiger partial charge in [0.2, 0.25) is 0 Å². The molecule has 104 valence electrons. The molecular weight excluding hydrogens is 278 g/mol. The number of halogens is 1. The standard InChI is InChI=1S/C14H20ClN3S/c1-4-19-9-5-8-18-13(11(3)15)17-12-7-6-10(2)16-14(12)18/h6-7,11H,4-5,8-9H2,1-3H3. The predicted molar refractivity (Wildman–Crippen MR) is 84.1 cm³/mol. The van der Waals surface area contributed by atoms with E-state index in [1.165, 1.54) is 5.75 Å². The van der Waals surface area contributed by atoms with Gasteiger partial charge in [-0.1, -0.05) is 6.92 Å². The third kappa shape index (κ3) is 3.42. The Bertz CT molecular complexity index is 551. The normalized spacial score (nSPS) is 13.1. The number of rotatable bonds is 6. The molecule has 0 saturated carbocycles. The first kappa shape index (κ1) is 14.7. The number of fused-ring (bicyclic) bond motifs is 1. The van der Waals surface area contributed by atoms with Gasteiger partial charge < -0.3 is 4.57 Å². The Hall–Kier alpha value is -0.740. The molecule has 2 aromatic rings. The molecule has 2 heterocycles. The van der Waals surface area contributed by atoms with Gasteiger partial charge in [-0.3, -0.25) is 0 Å². The lowest BCUT2D eigenvalue weighted by Gasteiger charge is -2.09. The zero-order valence-corrected chi connectivity index (χ0v) is 13.3. The number of aryl methyl sites for hydroxylation is 2. The van der Waals surface area contributed by atoms with Gasteiger partial charge in [0, 0.05) is 12.2 Å². The van der Waals surface area contributed by atoms with Crippen molar-refractivity contribution in [2.45, 2.75) is 39.1 Å². The van der Waals surface area contributed by atoms with E-state index < -0.39 is 0 Å². The minimum atomic E-state index is -0.0895. The van der Waals surface area contributed by atoms with Crippen LogP contribution in [0.4, 0.5) is 0 Å². The Kier molecular flexibility index (Phi) is 5.11. The minimum absolute atomic E-state index is 0.0895. The Morgan fingerprint density at radius 3 is 2.84 bits per heavy atom. The van der Waals surface area contributed by atoms with Crippen molar-refractivity contribution in [2.24, 2.45) is 0 Å². The second kappa shape index (κ2) is 6.62. The number of aromatic nitrogens is 3. The molecule has 19 heavy (non-hydrogen) atoms. The third-order valence-electron chi connectivity index (χ3n) is 2.99. The van der Waals surface area contributed by atoms with Crippen molar-refractivity contribution >= 4 is 34.5 Å². The summed E-state index contributed by atoms with van der Waals surface area (Å²) >= 11 is 8.21. The molecule has 1 unspecified atom stereocenters. The fourth-order valence-electron chi connectivity index (χ4n) is 2.11. The highest BCUT2D eigenvalue weighted by atomic mass is 35.5. The first-order valence-corrected chi connectivity index (χ1v) is 8.28. The summed E-state index contributed by atoms with van der Waals surface area (Å²) in [7, 11) is 0. The van der Waals surface area contributed by atoms with E-state index in [1.54, 1.807) is 0 Å². The second-order valence-corrected chi connectivity index (χ2v) is 6.63. The Morgan fingerprint density at radius 2 is 2.16 bits per heavy atom. The molecule has 0 bridgehead atoms. The van der Waals surface area contributed by atoms with Gasteiger partial charge in [0.1, 0.15) is 11.3 Å². The highest BCUT2D eigenvalue weighted by molar-refractivity contribution is 7.99. The predicted octanol–water partition coefficient (Wildman–Crippen LogP) is 4.18. The summed E-state index contributed by atoms with van der Waals surface area (Å²) in [5.41, 5.74) is 2.92. The number of hydrogen-bond acceptors (Lipinski definition) is 3. The molecule has 0 aliphatic heterocycles. The van der Waals surface area contributed by atoms with Crippen LogP contribution >= 0.6 is 23.4 Å². The van der Waals surface area contributed by atoms with Crippen LogP contribution in [0.2, 0.25) is 0 Å². The van der Waals surface area contributed by atoms with Crippen LogP contribution in [-0.4, -0.2) is 26.0 Å². The average molecular weight is 298 g/mol. The second-order valence-electron chi connectivity index (χ2n) is 4.58. The van der Waals surface area contributed by atoms with E-state index in [0.717, 1.165) is 41.4 Å². The van der Waals surface area contributed by atoms with Crippen LogP contribution in [0.25, 0.3) is 11.2 Å². The fourth-order valence-corrected chi connectivity index (χ4v) is 2.90. The quantitative estimate of drug-likeness (QED) is 0.592. The molecule has 0 aliphatic rings. The number of imidazole rings is 1. The van der Waals surface area contributed by atoms with Crippen molar-refractivity contribution in [2.75, 3.05) is 11.5 Å². The van der Waals surface area contributed by atoms with Gasteiger partial charge in [0.05, 0.1) is 5.38 Å². The van der Waals surface area contributed by atoms with Gasteiger partial charge in [-0.15, -0.1) is 11.6 Å². The van der Waals surface area contributed by atoms with Crippen molar-refractivity contribution in [3.63, 3.8) is 0 Å². The van der Waals surface area contributed by atoms with Crippen LogP contribution in [-0.2, 0) is 6.54 Å². The summed E-state index contributed by atoms with van der Waals surface area (Å²) < 4.78 is 2.18. The molecule has 0 radical (unpaired) electrons. The van der Waals surface area contributed by atoms with E-state index >= 15 is 0 Å². The number of pyridine rings is 1. The zero-order valence-electron chi connectivity index (χ0n) is 11.7. The molecule has 0 spiro atoms. The Morgan fingerprint density at radius 1 is 1.37 bits per heavy atom. The van der Waals surface area contributed by atoms with Gasteiger partial charge in [-0.2, -0.15) is 11.8 Å². The highest BCUT2D eigenvalue weighted by Gasteiger charge is 2.15. The lowest BCUT2D eigenvalue weighted by atomic mass is 10.3. The lowest BCUT2D eigenvalue weighted by Crippen LogP contribution is -2.06. The fraction of sp³-hybridized carbons (Fsp3) is 0.571. The molecule has 0 N–H and O–H groups in total. The molecule has 0 aliphatic carbocycles. The van der Waals surface area contributed by atoms with Gasteiger partial charge in [-0.05, 0) is 43.9 Å². The number of alkyl halides is 1. The Balaban J connectivity index is 2.31. The average Bonchev–Trinajstić information content (AvgIpc) is 2.73. The molecule has 5 heteroatoms. The SMILES string of the molecule is CCSCCCn1c(C(C)Cl)nc2ccc(C)nc21. The maximum Gasteiger partial charge on any atom is 0.160 e. The van der Waals surface area contributed by atoms with E-state index in [1.807, 2.05) is 37.7 Å². The first-order valence-electron chi connectivity index (χ1n) is 6.69. The molecule has 0 fully saturated rings. The van der Waals surface area contributed by atoms with Gasteiger partial charge in [-0.25, -0.2) is 9.97 Å².